The van der Waals surface area contributed by atoms with Crippen molar-refractivity contribution < 1.29 is 9.90 Å². The molecule has 0 bridgehead atoms. The molecule has 1 aromatic heterocycles. The van der Waals surface area contributed by atoms with Crippen LogP contribution in [0, 0.1) is 0 Å². The minimum Gasteiger partial charge on any atom is -0.480 e. The van der Waals surface area contributed by atoms with Gasteiger partial charge < -0.3 is 10.4 Å². The molecule has 1 aliphatic rings. The number of carboxylic acid groups (broad SMARTS) is 1. The van der Waals surface area contributed by atoms with Gasteiger partial charge in [0.05, 0.1) is 5.25 Å². The lowest BCUT2D eigenvalue weighted by atomic mass is 10.1. The third-order valence-corrected chi connectivity index (χ3v) is 3.63. The molecular formula is C9H8N2O2S2. The quantitative estimate of drug-likeness (QED) is 0.757. The van der Waals surface area contributed by atoms with Crippen LogP contribution in [0.15, 0.2) is 24.5 Å². The summed E-state index contributed by atoms with van der Waals surface area (Å²) >= 11 is 6.32. The van der Waals surface area contributed by atoms with Gasteiger partial charge >= 0.3 is 5.97 Å². The molecule has 2 atom stereocenters. The Morgan fingerprint density at radius 3 is 3.07 bits per heavy atom. The van der Waals surface area contributed by atoms with E-state index in [1.54, 1.807) is 18.5 Å². The SMILES string of the molecule is O=C(O)C1NC(=S)SC1c1cccnc1. The zero-order valence-corrected chi connectivity index (χ0v) is 9.22. The minimum absolute atomic E-state index is 0.191. The predicted molar refractivity (Wildman–Crippen MR) is 61.7 cm³/mol. The Morgan fingerprint density at radius 1 is 1.67 bits per heavy atom. The molecule has 0 saturated carbocycles. The number of carboxylic acids is 1. The summed E-state index contributed by atoms with van der Waals surface area (Å²) in [5.74, 6) is -0.892. The minimum atomic E-state index is -0.892. The molecule has 1 aromatic rings. The van der Waals surface area contributed by atoms with Crippen LogP contribution in [-0.4, -0.2) is 26.4 Å². The van der Waals surface area contributed by atoms with Gasteiger partial charge in [0.2, 0.25) is 0 Å². The first-order valence-electron chi connectivity index (χ1n) is 4.28. The van der Waals surface area contributed by atoms with Crippen molar-refractivity contribution in [1.82, 2.24) is 10.3 Å². The topological polar surface area (TPSA) is 62.2 Å². The second-order valence-electron chi connectivity index (χ2n) is 3.07. The lowest BCUT2D eigenvalue weighted by molar-refractivity contribution is -0.138. The monoisotopic (exact) mass is 240 g/mol. The lowest BCUT2D eigenvalue weighted by Gasteiger charge is -2.13. The molecule has 1 aliphatic heterocycles. The van der Waals surface area contributed by atoms with Gasteiger partial charge in [-0.25, -0.2) is 4.79 Å². The Kier molecular flexibility index (Phi) is 2.88. The molecular weight excluding hydrogens is 232 g/mol. The highest BCUT2D eigenvalue weighted by atomic mass is 32.2. The van der Waals surface area contributed by atoms with Crippen molar-refractivity contribution >= 4 is 34.3 Å². The number of carbonyl (C=O) groups is 1. The average Bonchev–Trinajstić information content (AvgIpc) is 2.62. The molecule has 2 unspecified atom stereocenters. The molecule has 0 aliphatic carbocycles. The maximum absolute atomic E-state index is 11.0. The number of nitrogens with one attached hydrogen (secondary N) is 1. The largest absolute Gasteiger partial charge is 0.480 e. The average molecular weight is 240 g/mol. The number of nitrogens with zero attached hydrogens (tertiary/aromatic N) is 1. The van der Waals surface area contributed by atoms with Crippen molar-refractivity contribution in [2.75, 3.05) is 0 Å². The molecule has 78 valence electrons. The third-order valence-electron chi connectivity index (χ3n) is 2.09. The molecule has 0 amide bonds. The fraction of sp³-hybridized carbons (Fsp3) is 0.222. The molecule has 15 heavy (non-hydrogen) atoms. The van der Waals surface area contributed by atoms with E-state index in [1.807, 2.05) is 6.07 Å². The van der Waals surface area contributed by atoms with Gasteiger partial charge in [0.25, 0.3) is 0 Å². The molecule has 4 nitrogen and oxygen atoms in total. The summed E-state index contributed by atoms with van der Waals surface area (Å²) in [5, 5.41) is 11.6. The first kappa shape index (κ1) is 10.4. The number of aromatic nitrogens is 1. The van der Waals surface area contributed by atoms with Crippen molar-refractivity contribution in [2.24, 2.45) is 0 Å². The number of rotatable bonds is 2. The van der Waals surface area contributed by atoms with E-state index >= 15 is 0 Å². The predicted octanol–water partition coefficient (Wildman–Crippen LogP) is 1.20. The maximum Gasteiger partial charge on any atom is 0.327 e. The second-order valence-corrected chi connectivity index (χ2v) is 4.89. The molecule has 2 N–H and O–H groups in total. The smallest absolute Gasteiger partial charge is 0.327 e. The van der Waals surface area contributed by atoms with E-state index in [0.29, 0.717) is 4.32 Å². The van der Waals surface area contributed by atoms with Crippen LogP contribution in [0.2, 0.25) is 0 Å². The van der Waals surface area contributed by atoms with Crippen LogP contribution in [0.1, 0.15) is 10.8 Å². The molecule has 6 heteroatoms. The van der Waals surface area contributed by atoms with Crippen LogP contribution < -0.4 is 5.32 Å². The molecule has 0 radical (unpaired) electrons. The standard InChI is InChI=1S/C9H8N2O2S2/c12-8(13)6-7(15-9(14)11-6)5-2-1-3-10-4-5/h1-4,6-7H,(H,11,14)(H,12,13). The van der Waals surface area contributed by atoms with Gasteiger partial charge in [-0.2, -0.15) is 0 Å². The Morgan fingerprint density at radius 2 is 2.47 bits per heavy atom. The van der Waals surface area contributed by atoms with Crippen LogP contribution >= 0.6 is 24.0 Å². The zero-order chi connectivity index (χ0) is 10.8. The lowest BCUT2D eigenvalue weighted by Crippen LogP contribution is -2.35. The summed E-state index contributed by atoms with van der Waals surface area (Å²) in [7, 11) is 0. The highest BCUT2D eigenvalue weighted by Gasteiger charge is 2.37. The van der Waals surface area contributed by atoms with Crippen molar-refractivity contribution in [3.8, 4) is 0 Å². The number of hydrogen-bond acceptors (Lipinski definition) is 4. The van der Waals surface area contributed by atoms with E-state index < -0.39 is 12.0 Å². The number of hydrogen-bond donors (Lipinski definition) is 2. The van der Waals surface area contributed by atoms with Gasteiger partial charge in [-0.05, 0) is 11.6 Å². The summed E-state index contributed by atoms with van der Waals surface area (Å²) in [6.45, 7) is 0. The number of pyridine rings is 1. The Hall–Kier alpha value is -1.14. The van der Waals surface area contributed by atoms with E-state index in [4.69, 9.17) is 17.3 Å². The van der Waals surface area contributed by atoms with Crippen molar-refractivity contribution in [2.45, 2.75) is 11.3 Å². The van der Waals surface area contributed by atoms with Crippen molar-refractivity contribution in [3.63, 3.8) is 0 Å². The molecule has 0 aromatic carbocycles. The highest BCUT2D eigenvalue weighted by molar-refractivity contribution is 8.23. The molecule has 1 fully saturated rings. The van der Waals surface area contributed by atoms with Crippen LogP contribution in [0.5, 0.6) is 0 Å². The fourth-order valence-electron chi connectivity index (χ4n) is 1.42. The normalized spacial score (nSPS) is 24.9. The fourth-order valence-corrected chi connectivity index (χ4v) is 2.88. The van der Waals surface area contributed by atoms with Gasteiger partial charge in [0.15, 0.2) is 0 Å². The van der Waals surface area contributed by atoms with Gasteiger partial charge in [0, 0.05) is 12.4 Å². The summed E-state index contributed by atoms with van der Waals surface area (Å²) in [6, 6.07) is 2.98. The zero-order valence-electron chi connectivity index (χ0n) is 7.58. The van der Waals surface area contributed by atoms with Crippen LogP contribution in [0.4, 0.5) is 0 Å². The molecule has 2 heterocycles. The molecule has 2 rings (SSSR count). The van der Waals surface area contributed by atoms with E-state index in [0.717, 1.165) is 5.56 Å². The first-order chi connectivity index (χ1) is 7.18. The summed E-state index contributed by atoms with van der Waals surface area (Å²) in [5.41, 5.74) is 0.877. The van der Waals surface area contributed by atoms with Gasteiger partial charge in [-0.3, -0.25) is 4.98 Å². The number of thiocarbonyl (C=S) groups is 1. The summed E-state index contributed by atoms with van der Waals surface area (Å²) in [6.07, 6.45) is 3.33. The Bertz CT molecular complexity index is 396. The van der Waals surface area contributed by atoms with Crippen molar-refractivity contribution in [1.29, 1.82) is 0 Å². The third kappa shape index (κ3) is 2.10. The second kappa shape index (κ2) is 4.16. The number of aliphatic carboxylic acids is 1. The van der Waals surface area contributed by atoms with E-state index in [2.05, 4.69) is 10.3 Å². The molecule has 1 saturated heterocycles. The summed E-state index contributed by atoms with van der Waals surface area (Å²) < 4.78 is 0.524. The highest BCUT2D eigenvalue weighted by Crippen LogP contribution is 2.37. The van der Waals surface area contributed by atoms with E-state index in [9.17, 15) is 4.79 Å². The first-order valence-corrected chi connectivity index (χ1v) is 5.57. The van der Waals surface area contributed by atoms with Crippen LogP contribution in [0.25, 0.3) is 0 Å². The summed E-state index contributed by atoms with van der Waals surface area (Å²) in [4.78, 5) is 14.9. The van der Waals surface area contributed by atoms with Crippen molar-refractivity contribution in [3.05, 3.63) is 30.1 Å². The van der Waals surface area contributed by atoms with Crippen LogP contribution in [0.3, 0.4) is 0 Å². The van der Waals surface area contributed by atoms with E-state index in [1.165, 1.54) is 11.8 Å². The van der Waals surface area contributed by atoms with Gasteiger partial charge in [-0.15, -0.1) is 0 Å². The maximum atomic E-state index is 11.0. The Labute approximate surface area is 96.1 Å². The molecule has 0 spiro atoms. The van der Waals surface area contributed by atoms with Gasteiger partial charge in [0.1, 0.15) is 10.4 Å². The Balaban J connectivity index is 2.28. The van der Waals surface area contributed by atoms with E-state index in [-0.39, 0.29) is 5.25 Å². The number of thioether (sulfide) groups is 1. The van der Waals surface area contributed by atoms with Gasteiger partial charge in [-0.1, -0.05) is 30.0 Å². The van der Waals surface area contributed by atoms with Crippen LogP contribution in [-0.2, 0) is 4.79 Å².